The molecular formula is C12H9BrINO3. The third-order valence-electron chi connectivity index (χ3n) is 2.43. The molecule has 1 aromatic carbocycles. The van der Waals surface area contributed by atoms with Gasteiger partial charge in [0.15, 0.2) is 0 Å². The van der Waals surface area contributed by atoms with Gasteiger partial charge in [-0.05, 0) is 57.6 Å². The molecule has 0 radical (unpaired) electrons. The van der Waals surface area contributed by atoms with Crippen LogP contribution in [0.15, 0.2) is 27.6 Å². The van der Waals surface area contributed by atoms with Gasteiger partial charge in [0.2, 0.25) is 5.43 Å². The van der Waals surface area contributed by atoms with Crippen LogP contribution >= 0.6 is 38.5 Å². The van der Waals surface area contributed by atoms with Crippen molar-refractivity contribution in [2.24, 2.45) is 0 Å². The molecule has 0 saturated carbocycles. The first-order valence-electron chi connectivity index (χ1n) is 5.22. The van der Waals surface area contributed by atoms with E-state index in [1.54, 1.807) is 13.0 Å². The summed E-state index contributed by atoms with van der Waals surface area (Å²) in [6, 6.07) is 3.67. The highest BCUT2D eigenvalue weighted by Crippen LogP contribution is 2.24. The lowest BCUT2D eigenvalue weighted by molar-refractivity contribution is 0.0524. The zero-order chi connectivity index (χ0) is 13.3. The van der Waals surface area contributed by atoms with Crippen LogP contribution in [-0.4, -0.2) is 17.6 Å². The van der Waals surface area contributed by atoms with Crippen molar-refractivity contribution in [1.29, 1.82) is 0 Å². The largest absolute Gasteiger partial charge is 0.462 e. The molecule has 18 heavy (non-hydrogen) atoms. The number of carbonyl (C=O) groups excluding carboxylic acids is 1. The van der Waals surface area contributed by atoms with E-state index in [0.717, 1.165) is 3.57 Å². The van der Waals surface area contributed by atoms with Crippen molar-refractivity contribution >= 4 is 55.4 Å². The molecule has 0 unspecified atom stereocenters. The SMILES string of the molecule is CCOC(=O)c1c[nH]c2c(I)ccc(Br)c2c1=O. The molecule has 2 aromatic rings. The Morgan fingerprint density at radius 2 is 2.22 bits per heavy atom. The minimum Gasteiger partial charge on any atom is -0.462 e. The number of aromatic nitrogens is 1. The Kier molecular flexibility index (Phi) is 4.06. The van der Waals surface area contributed by atoms with Gasteiger partial charge in [-0.1, -0.05) is 0 Å². The minimum absolute atomic E-state index is 0.0204. The van der Waals surface area contributed by atoms with Crippen molar-refractivity contribution in [3.63, 3.8) is 0 Å². The maximum atomic E-state index is 12.3. The first-order chi connectivity index (χ1) is 8.56. The van der Waals surface area contributed by atoms with Crippen molar-refractivity contribution in [2.75, 3.05) is 6.61 Å². The van der Waals surface area contributed by atoms with Gasteiger partial charge in [-0.25, -0.2) is 4.79 Å². The monoisotopic (exact) mass is 421 g/mol. The molecule has 0 fully saturated rings. The van der Waals surface area contributed by atoms with Crippen LogP contribution in [-0.2, 0) is 4.74 Å². The van der Waals surface area contributed by atoms with Gasteiger partial charge < -0.3 is 9.72 Å². The second-order valence-corrected chi connectivity index (χ2v) is 5.55. The van der Waals surface area contributed by atoms with Crippen LogP contribution in [0, 0.1) is 3.57 Å². The fourth-order valence-electron chi connectivity index (χ4n) is 1.62. The number of hydrogen-bond acceptors (Lipinski definition) is 3. The average molecular weight is 422 g/mol. The van der Waals surface area contributed by atoms with Crippen LogP contribution in [0.1, 0.15) is 17.3 Å². The van der Waals surface area contributed by atoms with Gasteiger partial charge in [-0.2, -0.15) is 0 Å². The maximum absolute atomic E-state index is 12.3. The lowest BCUT2D eigenvalue weighted by atomic mass is 10.1. The van der Waals surface area contributed by atoms with Gasteiger partial charge in [-0.3, -0.25) is 4.79 Å². The van der Waals surface area contributed by atoms with Gasteiger partial charge in [0.1, 0.15) is 5.56 Å². The summed E-state index contributed by atoms with van der Waals surface area (Å²) in [6.07, 6.45) is 1.40. The molecule has 2 rings (SSSR count). The molecule has 0 atom stereocenters. The van der Waals surface area contributed by atoms with Crippen LogP contribution in [0.3, 0.4) is 0 Å². The van der Waals surface area contributed by atoms with E-state index in [0.29, 0.717) is 15.4 Å². The lowest BCUT2D eigenvalue weighted by Crippen LogP contribution is -2.18. The fraction of sp³-hybridized carbons (Fsp3) is 0.167. The molecule has 0 bridgehead atoms. The quantitative estimate of drug-likeness (QED) is 0.598. The first kappa shape index (κ1) is 13.5. The van der Waals surface area contributed by atoms with Crippen molar-refractivity contribution in [2.45, 2.75) is 6.92 Å². The Bertz CT molecular complexity index is 681. The maximum Gasteiger partial charge on any atom is 0.343 e. The molecule has 0 aliphatic carbocycles. The van der Waals surface area contributed by atoms with Crippen molar-refractivity contribution < 1.29 is 9.53 Å². The first-order valence-corrected chi connectivity index (χ1v) is 7.10. The number of benzene rings is 1. The number of nitrogens with one attached hydrogen (secondary N) is 1. The van der Waals surface area contributed by atoms with E-state index < -0.39 is 5.97 Å². The van der Waals surface area contributed by atoms with Crippen LogP contribution in [0.4, 0.5) is 0 Å². The summed E-state index contributed by atoms with van der Waals surface area (Å²) in [5, 5.41) is 0.465. The number of rotatable bonds is 2. The molecule has 0 aliphatic heterocycles. The highest BCUT2D eigenvalue weighted by atomic mass is 127. The zero-order valence-corrected chi connectivity index (χ0v) is 13.2. The molecule has 0 saturated heterocycles. The van der Waals surface area contributed by atoms with Crippen LogP contribution < -0.4 is 5.43 Å². The normalized spacial score (nSPS) is 10.6. The molecule has 4 nitrogen and oxygen atoms in total. The fourth-order valence-corrected chi connectivity index (χ4v) is 2.74. The molecule has 1 heterocycles. The van der Waals surface area contributed by atoms with E-state index in [9.17, 15) is 9.59 Å². The van der Waals surface area contributed by atoms with E-state index in [1.165, 1.54) is 6.20 Å². The number of aromatic amines is 1. The van der Waals surface area contributed by atoms with Crippen molar-refractivity contribution in [3.8, 4) is 0 Å². The Morgan fingerprint density at radius 3 is 2.89 bits per heavy atom. The van der Waals surface area contributed by atoms with E-state index in [-0.39, 0.29) is 17.6 Å². The standard InChI is InChI=1S/C12H9BrINO3/c1-2-18-12(17)6-5-15-10-8(14)4-3-7(13)9(10)11(6)16/h3-5H,2H2,1H3,(H,15,16). The Labute approximate surface area is 125 Å². The minimum atomic E-state index is -0.605. The Hall–Kier alpha value is -0.890. The molecule has 94 valence electrons. The number of hydrogen-bond donors (Lipinski definition) is 1. The third-order valence-corrected chi connectivity index (χ3v) is 3.99. The molecule has 0 spiro atoms. The van der Waals surface area contributed by atoms with Crippen molar-refractivity contribution in [3.05, 3.63) is 42.2 Å². The lowest BCUT2D eigenvalue weighted by Gasteiger charge is -2.06. The molecule has 0 aliphatic rings. The Morgan fingerprint density at radius 1 is 1.50 bits per heavy atom. The Balaban J connectivity index is 2.76. The van der Waals surface area contributed by atoms with Crippen LogP contribution in [0.5, 0.6) is 0 Å². The van der Waals surface area contributed by atoms with Crippen LogP contribution in [0.25, 0.3) is 10.9 Å². The zero-order valence-electron chi connectivity index (χ0n) is 9.42. The van der Waals surface area contributed by atoms with E-state index in [1.807, 2.05) is 6.07 Å². The highest BCUT2D eigenvalue weighted by Gasteiger charge is 2.16. The number of ether oxygens (including phenoxy) is 1. The van der Waals surface area contributed by atoms with Gasteiger partial charge in [0, 0.05) is 14.2 Å². The molecule has 0 amide bonds. The molecule has 1 aromatic heterocycles. The average Bonchev–Trinajstić information content (AvgIpc) is 2.34. The molecule has 6 heteroatoms. The molecular weight excluding hydrogens is 413 g/mol. The summed E-state index contributed by atoms with van der Waals surface area (Å²) in [7, 11) is 0. The topological polar surface area (TPSA) is 59.2 Å². The van der Waals surface area contributed by atoms with Gasteiger partial charge in [0.25, 0.3) is 0 Å². The second kappa shape index (κ2) is 5.40. The summed E-state index contributed by atoms with van der Waals surface area (Å²) >= 11 is 5.46. The predicted molar refractivity (Wildman–Crippen MR) is 80.9 cm³/mol. The summed E-state index contributed by atoms with van der Waals surface area (Å²) < 4.78 is 6.42. The predicted octanol–water partition coefficient (Wildman–Crippen LogP) is 3.07. The van der Waals surface area contributed by atoms with Gasteiger partial charge >= 0.3 is 5.97 Å². The summed E-state index contributed by atoms with van der Waals surface area (Å²) in [4.78, 5) is 26.9. The summed E-state index contributed by atoms with van der Waals surface area (Å²) in [5.41, 5.74) is 0.405. The van der Waals surface area contributed by atoms with Gasteiger partial charge in [-0.15, -0.1) is 0 Å². The van der Waals surface area contributed by atoms with Crippen LogP contribution in [0.2, 0.25) is 0 Å². The number of H-pyrrole nitrogens is 1. The van der Waals surface area contributed by atoms with Gasteiger partial charge in [0.05, 0.1) is 17.5 Å². The van der Waals surface area contributed by atoms with E-state index in [2.05, 4.69) is 43.5 Å². The number of carbonyl (C=O) groups is 1. The molecule has 1 N–H and O–H groups in total. The van der Waals surface area contributed by atoms with Crippen molar-refractivity contribution in [1.82, 2.24) is 4.98 Å². The number of fused-ring (bicyclic) bond motifs is 1. The summed E-state index contributed by atoms with van der Waals surface area (Å²) in [6.45, 7) is 1.94. The summed E-state index contributed by atoms with van der Waals surface area (Å²) in [5.74, 6) is -0.605. The second-order valence-electron chi connectivity index (χ2n) is 3.53. The number of halogens is 2. The van der Waals surface area contributed by atoms with E-state index in [4.69, 9.17) is 4.74 Å². The highest BCUT2D eigenvalue weighted by molar-refractivity contribution is 14.1. The smallest absolute Gasteiger partial charge is 0.343 e. The third kappa shape index (κ3) is 2.31. The number of pyridine rings is 1. The van der Waals surface area contributed by atoms with E-state index >= 15 is 0 Å². The number of esters is 1.